The third-order valence-electron chi connectivity index (χ3n) is 1.26. The van der Waals surface area contributed by atoms with E-state index in [1.165, 1.54) is 6.42 Å². The normalized spacial score (nSPS) is 18.7. The van der Waals surface area contributed by atoms with E-state index in [-0.39, 0.29) is 0 Å². The monoisotopic (exact) mass is 118 g/mol. The standard InChI is InChI=1S/C6H14S/c1-5-6(2)7(3)4/h6H,3,5H2,1-2,4H3. The third kappa shape index (κ3) is 2.86. The lowest BCUT2D eigenvalue weighted by atomic mass is 10.4. The van der Waals surface area contributed by atoms with Crippen molar-refractivity contribution in [1.29, 1.82) is 0 Å². The zero-order valence-electron chi connectivity index (χ0n) is 5.40. The van der Waals surface area contributed by atoms with Crippen LogP contribution >= 0.6 is 10.5 Å². The van der Waals surface area contributed by atoms with Crippen LogP contribution in [0.5, 0.6) is 0 Å². The highest BCUT2D eigenvalue weighted by molar-refractivity contribution is 8.14. The van der Waals surface area contributed by atoms with Crippen LogP contribution in [0, 0.1) is 0 Å². The smallest absolute Gasteiger partial charge is 0.00416 e. The summed E-state index contributed by atoms with van der Waals surface area (Å²) in [6, 6.07) is 0. The first-order valence-electron chi connectivity index (χ1n) is 2.63. The molecule has 0 saturated heterocycles. The van der Waals surface area contributed by atoms with Crippen molar-refractivity contribution in [3.8, 4) is 0 Å². The summed E-state index contributed by atoms with van der Waals surface area (Å²) in [5.74, 6) is 3.94. The second kappa shape index (κ2) is 3.25. The van der Waals surface area contributed by atoms with Gasteiger partial charge in [-0.25, -0.2) is 0 Å². The SMILES string of the molecule is C=S(C)C(C)CC. The van der Waals surface area contributed by atoms with Crippen molar-refractivity contribution in [3.05, 3.63) is 0 Å². The van der Waals surface area contributed by atoms with E-state index in [2.05, 4.69) is 26.0 Å². The fourth-order valence-electron chi connectivity index (χ4n) is 0.285. The molecule has 0 aromatic carbocycles. The highest BCUT2D eigenvalue weighted by atomic mass is 32.2. The van der Waals surface area contributed by atoms with Crippen molar-refractivity contribution in [2.24, 2.45) is 0 Å². The van der Waals surface area contributed by atoms with Gasteiger partial charge < -0.3 is 0 Å². The maximum atomic E-state index is 3.94. The van der Waals surface area contributed by atoms with E-state index in [1.54, 1.807) is 0 Å². The summed E-state index contributed by atoms with van der Waals surface area (Å²) in [5.41, 5.74) is 0. The Labute approximate surface area is 48.9 Å². The zero-order chi connectivity index (χ0) is 5.86. The molecule has 0 nitrogen and oxygen atoms in total. The second-order valence-electron chi connectivity index (χ2n) is 1.91. The molecule has 0 fully saturated rings. The topological polar surface area (TPSA) is 0 Å². The van der Waals surface area contributed by atoms with Gasteiger partial charge in [-0.1, -0.05) is 19.7 Å². The molecule has 0 heterocycles. The molecule has 0 bridgehead atoms. The van der Waals surface area contributed by atoms with E-state index in [0.29, 0.717) is 10.5 Å². The molecule has 2 atom stereocenters. The highest BCUT2D eigenvalue weighted by Gasteiger charge is 1.93. The van der Waals surface area contributed by atoms with Gasteiger partial charge in [0.1, 0.15) is 0 Å². The van der Waals surface area contributed by atoms with Gasteiger partial charge in [0.2, 0.25) is 0 Å². The Morgan fingerprint density at radius 3 is 2.14 bits per heavy atom. The summed E-state index contributed by atoms with van der Waals surface area (Å²) in [6.07, 6.45) is 3.46. The van der Waals surface area contributed by atoms with Gasteiger partial charge in [-0.05, 0) is 17.9 Å². The molecule has 7 heavy (non-hydrogen) atoms. The number of hydrogen-bond donors (Lipinski definition) is 0. The first kappa shape index (κ1) is 7.22. The molecule has 0 aliphatic rings. The van der Waals surface area contributed by atoms with Crippen molar-refractivity contribution in [1.82, 2.24) is 0 Å². The zero-order valence-corrected chi connectivity index (χ0v) is 6.22. The fourth-order valence-corrected chi connectivity index (χ4v) is 0.854. The minimum Gasteiger partial charge on any atom is -0.193 e. The molecule has 1 heteroatoms. The van der Waals surface area contributed by atoms with E-state index >= 15 is 0 Å². The van der Waals surface area contributed by atoms with Gasteiger partial charge in [-0.15, -0.1) is 0 Å². The predicted molar refractivity (Wildman–Crippen MR) is 40.4 cm³/mol. The quantitative estimate of drug-likeness (QED) is 0.487. The summed E-state index contributed by atoms with van der Waals surface area (Å²) in [5, 5.41) is 0.819. The Bertz CT molecular complexity index is 66.6. The van der Waals surface area contributed by atoms with Crippen molar-refractivity contribution in [2.75, 3.05) is 6.26 Å². The predicted octanol–water partition coefficient (Wildman–Crippen LogP) is 2.12. The molecular formula is C6H14S. The molecule has 0 radical (unpaired) electrons. The Morgan fingerprint density at radius 1 is 1.71 bits per heavy atom. The Morgan fingerprint density at radius 2 is 2.14 bits per heavy atom. The Kier molecular flexibility index (Phi) is 3.35. The summed E-state index contributed by atoms with van der Waals surface area (Å²) >= 11 is 0. The van der Waals surface area contributed by atoms with Crippen LogP contribution < -0.4 is 0 Å². The lowest BCUT2D eigenvalue weighted by molar-refractivity contribution is 0.908. The van der Waals surface area contributed by atoms with E-state index in [1.807, 2.05) is 0 Å². The van der Waals surface area contributed by atoms with Gasteiger partial charge in [0.25, 0.3) is 0 Å². The first-order chi connectivity index (χ1) is 3.18. The maximum Gasteiger partial charge on any atom is -0.00416 e. The van der Waals surface area contributed by atoms with Crippen LogP contribution in [-0.4, -0.2) is 17.4 Å². The van der Waals surface area contributed by atoms with Crippen molar-refractivity contribution >= 4 is 16.4 Å². The Balaban J connectivity index is 3.34. The fraction of sp³-hybridized carbons (Fsp3) is 0.833. The molecule has 44 valence electrons. The van der Waals surface area contributed by atoms with Crippen molar-refractivity contribution in [2.45, 2.75) is 25.5 Å². The molecule has 0 spiro atoms. The third-order valence-corrected chi connectivity index (χ3v) is 2.97. The first-order valence-corrected chi connectivity index (χ1v) is 4.49. The van der Waals surface area contributed by atoms with Crippen LogP contribution in [-0.2, 0) is 0 Å². The molecule has 0 saturated carbocycles. The molecule has 0 aromatic rings. The molecule has 0 aliphatic heterocycles. The van der Waals surface area contributed by atoms with Gasteiger partial charge in [-0.3, -0.25) is 0 Å². The van der Waals surface area contributed by atoms with Crippen LogP contribution in [0.1, 0.15) is 20.3 Å². The molecule has 0 aromatic heterocycles. The van der Waals surface area contributed by atoms with Gasteiger partial charge in [-0.2, -0.15) is 10.5 Å². The Hall–Kier alpha value is 0.220. The van der Waals surface area contributed by atoms with Gasteiger partial charge >= 0.3 is 0 Å². The molecule has 0 aliphatic carbocycles. The van der Waals surface area contributed by atoms with E-state index in [0.717, 1.165) is 5.25 Å². The van der Waals surface area contributed by atoms with Gasteiger partial charge in [0, 0.05) is 0 Å². The minimum atomic E-state index is 0.390. The summed E-state index contributed by atoms with van der Waals surface area (Å²) in [7, 11) is 0.390. The molecule has 0 amide bonds. The van der Waals surface area contributed by atoms with Crippen LogP contribution in [0.15, 0.2) is 0 Å². The summed E-state index contributed by atoms with van der Waals surface area (Å²) in [6.45, 7) is 4.45. The molecular weight excluding hydrogens is 104 g/mol. The molecule has 0 rings (SSSR count). The van der Waals surface area contributed by atoms with Crippen LogP contribution in [0.3, 0.4) is 0 Å². The minimum absolute atomic E-state index is 0.390. The van der Waals surface area contributed by atoms with Crippen LogP contribution in [0.4, 0.5) is 0 Å². The lowest BCUT2D eigenvalue weighted by Crippen LogP contribution is -1.92. The number of rotatable bonds is 2. The highest BCUT2D eigenvalue weighted by Crippen LogP contribution is 2.14. The van der Waals surface area contributed by atoms with Crippen molar-refractivity contribution in [3.63, 3.8) is 0 Å². The van der Waals surface area contributed by atoms with Crippen LogP contribution in [0.25, 0.3) is 0 Å². The second-order valence-corrected chi connectivity index (χ2v) is 4.10. The molecule has 2 unspecified atom stereocenters. The van der Waals surface area contributed by atoms with E-state index in [4.69, 9.17) is 0 Å². The maximum absolute atomic E-state index is 3.94. The summed E-state index contributed by atoms with van der Waals surface area (Å²) < 4.78 is 0. The van der Waals surface area contributed by atoms with E-state index < -0.39 is 0 Å². The lowest BCUT2D eigenvalue weighted by Gasteiger charge is -2.06. The van der Waals surface area contributed by atoms with Crippen molar-refractivity contribution < 1.29 is 0 Å². The van der Waals surface area contributed by atoms with Crippen LogP contribution in [0.2, 0.25) is 0 Å². The van der Waals surface area contributed by atoms with E-state index in [9.17, 15) is 0 Å². The molecule has 0 N–H and O–H groups in total. The van der Waals surface area contributed by atoms with Gasteiger partial charge in [0.05, 0.1) is 0 Å². The average Bonchev–Trinajstić information content (AvgIpc) is 1.65. The summed E-state index contributed by atoms with van der Waals surface area (Å²) in [4.78, 5) is 0. The largest absolute Gasteiger partial charge is 0.193 e. The number of hydrogen-bond acceptors (Lipinski definition) is 0. The average molecular weight is 118 g/mol. The van der Waals surface area contributed by atoms with Gasteiger partial charge in [0.15, 0.2) is 0 Å².